The van der Waals surface area contributed by atoms with Crippen molar-refractivity contribution in [2.45, 2.75) is 91.8 Å². The van der Waals surface area contributed by atoms with Crippen molar-refractivity contribution in [2.24, 2.45) is 5.92 Å². The average molecular weight is 694 g/mol. The minimum Gasteiger partial charge on any atom is -0.543 e. The highest BCUT2D eigenvalue weighted by atomic mass is 35.5. The highest BCUT2D eigenvalue weighted by Crippen LogP contribution is 2.43. The van der Waals surface area contributed by atoms with Crippen LogP contribution in [-0.4, -0.2) is 29.7 Å². The first kappa shape index (κ1) is 36.8. The maximum absolute atomic E-state index is 14.3. The molecule has 0 bridgehead atoms. The molecule has 0 aliphatic heterocycles. The summed E-state index contributed by atoms with van der Waals surface area (Å²) >= 11 is 5.88. The summed E-state index contributed by atoms with van der Waals surface area (Å²) in [5.74, 6) is -0.993. The Morgan fingerprint density at radius 3 is 2.04 bits per heavy atom. The van der Waals surface area contributed by atoms with Crippen molar-refractivity contribution in [3.63, 3.8) is 0 Å². The third-order valence-corrected chi connectivity index (χ3v) is 15.1. The summed E-state index contributed by atoms with van der Waals surface area (Å²) < 4.78 is 28.3. The molecular weight excluding hydrogens is 649 g/mol. The molecule has 1 aromatic heterocycles. The van der Waals surface area contributed by atoms with Crippen molar-refractivity contribution in [1.29, 1.82) is 0 Å². The molecule has 0 unspecified atom stereocenters. The predicted octanol–water partition coefficient (Wildman–Crippen LogP) is 9.67. The Hall–Kier alpha value is -4.02. The number of hydrogen-bond donors (Lipinski definition) is 1. The summed E-state index contributed by atoms with van der Waals surface area (Å²) in [6.07, 6.45) is 0. The number of aromatic nitrogens is 2. The number of ether oxygens (including phenoxy) is 1. The zero-order chi connectivity index (χ0) is 35.7. The Labute approximate surface area is 287 Å². The van der Waals surface area contributed by atoms with Gasteiger partial charge < -0.3 is 14.5 Å². The normalized spacial score (nSPS) is 12.1. The summed E-state index contributed by atoms with van der Waals surface area (Å²) in [4.78, 5) is 44.9. The molecule has 0 saturated carbocycles. The van der Waals surface area contributed by atoms with Crippen molar-refractivity contribution in [3.05, 3.63) is 87.2 Å². The quantitative estimate of drug-likeness (QED) is 0.0954. The Morgan fingerprint density at radius 2 is 1.48 bits per heavy atom. The summed E-state index contributed by atoms with van der Waals surface area (Å²) in [5.41, 5.74) is 1.62. The number of fused-ring (bicyclic) bond motifs is 1. The van der Waals surface area contributed by atoms with Gasteiger partial charge in [0.1, 0.15) is 23.1 Å². The summed E-state index contributed by atoms with van der Waals surface area (Å²) in [6.45, 7) is 20.4. The van der Waals surface area contributed by atoms with Gasteiger partial charge >= 0.3 is 5.97 Å². The van der Waals surface area contributed by atoms with Gasteiger partial charge in [0.15, 0.2) is 0 Å². The average Bonchev–Trinajstić information content (AvgIpc) is 3.00. The molecule has 0 radical (unpaired) electrons. The monoisotopic (exact) mass is 693 g/mol. The molecule has 256 valence electrons. The largest absolute Gasteiger partial charge is 0.543 e. The first-order chi connectivity index (χ1) is 22.5. The minimum absolute atomic E-state index is 0.0520. The fourth-order valence-electron chi connectivity index (χ4n) is 6.37. The SMILES string of the molecule is CC(C)C(=O)Nc1cc(O[Si](C(C)C)(C(C)C)C(C)C)ccc1C(=O)Oc1ccc2c(=O)n(-c3ccc(Cl)c(F)c3)c(C(C)C)nc2c1. The van der Waals surface area contributed by atoms with Crippen LogP contribution in [0.1, 0.15) is 91.3 Å². The van der Waals surface area contributed by atoms with Crippen LogP contribution in [0.2, 0.25) is 21.6 Å². The van der Waals surface area contributed by atoms with E-state index in [-0.39, 0.29) is 45.2 Å². The maximum atomic E-state index is 14.3. The van der Waals surface area contributed by atoms with E-state index >= 15 is 0 Å². The van der Waals surface area contributed by atoms with E-state index in [4.69, 9.17) is 25.7 Å². The molecule has 11 heteroatoms. The second-order valence-electron chi connectivity index (χ2n) is 13.7. The van der Waals surface area contributed by atoms with Crippen LogP contribution in [0, 0.1) is 11.7 Å². The number of carbonyl (C=O) groups is 2. The molecule has 8 nitrogen and oxygen atoms in total. The van der Waals surface area contributed by atoms with Gasteiger partial charge in [-0.15, -0.1) is 0 Å². The standard InChI is InChI=1S/C37H45ClFN3O5Si/c1-20(2)34-40-32-18-26(12-14-28(32)36(44)42(34)25-11-16-30(38)31(39)17-25)46-37(45)29-15-13-27(19-33(29)41-35(43)21(3)4)47-48(22(5)6,23(7)8)24(9)10/h11-24H,1-10H3,(H,41,43). The fraction of sp³-hybridized carbons (Fsp3) is 0.405. The highest BCUT2D eigenvalue weighted by molar-refractivity contribution is 6.78. The van der Waals surface area contributed by atoms with E-state index < -0.39 is 25.7 Å². The Morgan fingerprint density at radius 1 is 0.854 bits per heavy atom. The van der Waals surface area contributed by atoms with Crippen LogP contribution in [0.4, 0.5) is 10.1 Å². The molecule has 4 rings (SSSR count). The lowest BCUT2D eigenvalue weighted by molar-refractivity contribution is -0.118. The topological polar surface area (TPSA) is 99.5 Å². The maximum Gasteiger partial charge on any atom is 0.345 e. The van der Waals surface area contributed by atoms with Gasteiger partial charge in [-0.25, -0.2) is 14.2 Å². The molecule has 1 N–H and O–H groups in total. The molecule has 0 aliphatic rings. The molecule has 3 aromatic carbocycles. The van der Waals surface area contributed by atoms with Crippen molar-refractivity contribution >= 4 is 48.4 Å². The third kappa shape index (κ3) is 7.34. The van der Waals surface area contributed by atoms with Crippen molar-refractivity contribution < 1.29 is 23.1 Å². The van der Waals surface area contributed by atoms with Crippen LogP contribution in [0.25, 0.3) is 16.6 Å². The number of hydrogen-bond acceptors (Lipinski definition) is 6. The molecule has 0 aliphatic carbocycles. The lowest BCUT2D eigenvalue weighted by Crippen LogP contribution is -2.50. The molecule has 0 atom stereocenters. The molecular formula is C37H45ClFN3O5Si. The van der Waals surface area contributed by atoms with Gasteiger partial charge in [0, 0.05) is 24.0 Å². The first-order valence-corrected chi connectivity index (χ1v) is 18.9. The third-order valence-electron chi connectivity index (χ3n) is 8.75. The Bertz CT molecular complexity index is 1880. The summed E-state index contributed by atoms with van der Waals surface area (Å²) in [5, 5.41) is 3.09. The number of rotatable bonds is 11. The molecule has 48 heavy (non-hydrogen) atoms. The smallest absolute Gasteiger partial charge is 0.345 e. The Balaban J connectivity index is 1.74. The van der Waals surface area contributed by atoms with Crippen LogP contribution in [-0.2, 0) is 4.79 Å². The number of benzene rings is 3. The van der Waals surface area contributed by atoms with Crippen molar-refractivity contribution in [3.8, 4) is 17.2 Å². The number of anilines is 1. The zero-order valence-electron chi connectivity index (χ0n) is 29.3. The van der Waals surface area contributed by atoms with Gasteiger partial charge in [-0.1, -0.05) is 80.8 Å². The van der Waals surface area contributed by atoms with E-state index in [1.165, 1.54) is 34.9 Å². The summed E-state index contributed by atoms with van der Waals surface area (Å²) in [7, 11) is -2.32. The lowest BCUT2D eigenvalue weighted by Gasteiger charge is -2.42. The molecule has 4 aromatic rings. The van der Waals surface area contributed by atoms with Crippen LogP contribution in [0.3, 0.4) is 0 Å². The van der Waals surface area contributed by atoms with Gasteiger partial charge in [0.05, 0.1) is 32.9 Å². The zero-order valence-corrected chi connectivity index (χ0v) is 31.0. The molecule has 0 saturated heterocycles. The second kappa shape index (κ2) is 14.6. The van der Waals surface area contributed by atoms with Gasteiger partial charge in [-0.2, -0.15) is 0 Å². The number of nitrogens with one attached hydrogen (secondary N) is 1. The van der Waals surface area contributed by atoms with Gasteiger partial charge in [0.2, 0.25) is 5.91 Å². The number of nitrogens with zero attached hydrogens (tertiary/aromatic N) is 2. The molecule has 0 fully saturated rings. The molecule has 1 amide bonds. The predicted molar refractivity (Wildman–Crippen MR) is 193 cm³/mol. The second-order valence-corrected chi connectivity index (χ2v) is 19.5. The van der Waals surface area contributed by atoms with E-state index in [0.717, 1.165) is 0 Å². The van der Waals surface area contributed by atoms with Gasteiger partial charge in [-0.05, 0) is 59.1 Å². The van der Waals surface area contributed by atoms with E-state index in [1.54, 1.807) is 38.1 Å². The lowest BCUT2D eigenvalue weighted by atomic mass is 10.1. The van der Waals surface area contributed by atoms with Crippen LogP contribution in [0.5, 0.6) is 11.5 Å². The number of amides is 1. The number of halogens is 2. The van der Waals surface area contributed by atoms with Crippen molar-refractivity contribution in [2.75, 3.05) is 5.32 Å². The van der Waals surface area contributed by atoms with Gasteiger partial charge in [0.25, 0.3) is 13.9 Å². The van der Waals surface area contributed by atoms with Crippen LogP contribution in [0.15, 0.2) is 59.4 Å². The molecule has 1 heterocycles. The minimum atomic E-state index is -2.32. The summed E-state index contributed by atoms with van der Waals surface area (Å²) in [6, 6.07) is 13.7. The fourth-order valence-corrected chi connectivity index (χ4v) is 11.7. The van der Waals surface area contributed by atoms with Gasteiger partial charge in [-0.3, -0.25) is 14.2 Å². The Kier molecular flexibility index (Phi) is 11.2. The first-order valence-electron chi connectivity index (χ1n) is 16.4. The number of esters is 1. The highest BCUT2D eigenvalue weighted by Gasteiger charge is 2.47. The van der Waals surface area contributed by atoms with E-state index in [0.29, 0.717) is 39.4 Å². The van der Waals surface area contributed by atoms with Crippen LogP contribution >= 0.6 is 11.6 Å². The van der Waals surface area contributed by atoms with E-state index in [9.17, 15) is 18.8 Å². The van der Waals surface area contributed by atoms with Crippen molar-refractivity contribution in [1.82, 2.24) is 9.55 Å². The van der Waals surface area contributed by atoms with E-state index in [2.05, 4.69) is 46.9 Å². The number of carbonyl (C=O) groups excluding carboxylic acids is 2. The van der Waals surface area contributed by atoms with E-state index in [1.807, 2.05) is 13.8 Å². The van der Waals surface area contributed by atoms with Crippen LogP contribution < -0.4 is 20.0 Å². The molecule has 0 spiro atoms.